The van der Waals surface area contributed by atoms with Crippen molar-refractivity contribution in [3.05, 3.63) is 96.1 Å². The number of aliphatic hydroxyl groups is 2. The lowest BCUT2D eigenvalue weighted by Crippen LogP contribution is -1.92. The van der Waals surface area contributed by atoms with Gasteiger partial charge in [0.1, 0.15) is 0 Å². The van der Waals surface area contributed by atoms with E-state index in [1.54, 1.807) is 24.3 Å². The maximum atomic E-state index is 9.92. The molecule has 0 aliphatic heterocycles. The van der Waals surface area contributed by atoms with Crippen LogP contribution in [-0.4, -0.2) is 10.2 Å². The van der Waals surface area contributed by atoms with Gasteiger partial charge in [-0.1, -0.05) is 85.0 Å². The third-order valence-corrected chi connectivity index (χ3v) is 2.98. The van der Waals surface area contributed by atoms with E-state index in [9.17, 15) is 10.2 Å². The van der Waals surface area contributed by atoms with Crippen molar-refractivity contribution in [2.75, 3.05) is 0 Å². The number of aliphatic hydroxyl groups excluding tert-OH is 2. The van der Waals surface area contributed by atoms with Gasteiger partial charge in [-0.15, -0.1) is 0 Å². The van der Waals surface area contributed by atoms with Gasteiger partial charge in [0.15, 0.2) is 0 Å². The second-order valence-corrected chi connectivity index (χ2v) is 4.48. The van der Waals surface area contributed by atoms with Crippen LogP contribution in [0.3, 0.4) is 0 Å². The minimum atomic E-state index is -0.630. The summed E-state index contributed by atoms with van der Waals surface area (Å²) in [6.45, 7) is 0. The number of hydrogen-bond acceptors (Lipinski definition) is 2. The van der Waals surface area contributed by atoms with Crippen molar-refractivity contribution < 1.29 is 10.2 Å². The molecule has 0 unspecified atom stereocenters. The van der Waals surface area contributed by atoms with Crippen molar-refractivity contribution in [3.63, 3.8) is 0 Å². The minimum absolute atomic E-state index is 0.630. The molecule has 102 valence electrons. The zero-order chi connectivity index (χ0) is 14.2. The molecule has 0 radical (unpaired) electrons. The fraction of sp³-hybridized carbons (Fsp3) is 0.111. The van der Waals surface area contributed by atoms with Gasteiger partial charge in [-0.25, -0.2) is 0 Å². The molecule has 0 amide bonds. The topological polar surface area (TPSA) is 40.5 Å². The highest BCUT2D eigenvalue weighted by Crippen LogP contribution is 2.15. The lowest BCUT2D eigenvalue weighted by molar-refractivity contribution is 0.227. The van der Waals surface area contributed by atoms with Crippen LogP contribution >= 0.6 is 0 Å². The Labute approximate surface area is 119 Å². The summed E-state index contributed by atoms with van der Waals surface area (Å²) in [5.41, 5.74) is 1.70. The third-order valence-electron chi connectivity index (χ3n) is 2.98. The van der Waals surface area contributed by atoms with E-state index in [0.717, 1.165) is 11.1 Å². The quantitative estimate of drug-likeness (QED) is 0.812. The van der Waals surface area contributed by atoms with E-state index in [2.05, 4.69) is 0 Å². The number of hydrogen-bond donors (Lipinski definition) is 2. The molecule has 0 saturated carbocycles. The van der Waals surface area contributed by atoms with E-state index < -0.39 is 12.2 Å². The van der Waals surface area contributed by atoms with E-state index in [4.69, 9.17) is 0 Å². The fourth-order valence-corrected chi connectivity index (χ4v) is 1.86. The van der Waals surface area contributed by atoms with Crippen LogP contribution < -0.4 is 0 Å². The molecule has 2 N–H and O–H groups in total. The summed E-state index contributed by atoms with van der Waals surface area (Å²) >= 11 is 0. The predicted molar refractivity (Wildman–Crippen MR) is 81.1 cm³/mol. The van der Waals surface area contributed by atoms with Gasteiger partial charge in [0.2, 0.25) is 0 Å². The molecule has 2 aromatic rings. The normalized spacial score (nSPS) is 14.7. The summed E-state index contributed by atoms with van der Waals surface area (Å²) in [6, 6.07) is 18.9. The summed E-state index contributed by atoms with van der Waals surface area (Å²) in [5.74, 6) is 0. The van der Waals surface area contributed by atoms with Gasteiger partial charge in [0.05, 0.1) is 12.2 Å². The molecule has 2 rings (SSSR count). The van der Waals surface area contributed by atoms with Gasteiger partial charge < -0.3 is 10.2 Å². The number of benzene rings is 2. The van der Waals surface area contributed by atoms with Crippen LogP contribution in [0.25, 0.3) is 0 Å². The molecule has 2 aromatic carbocycles. The molecular formula is C18H18O2. The minimum Gasteiger partial charge on any atom is -0.384 e. The molecule has 0 saturated heterocycles. The van der Waals surface area contributed by atoms with Crippen molar-refractivity contribution in [2.45, 2.75) is 12.2 Å². The predicted octanol–water partition coefficient (Wildman–Crippen LogP) is 3.57. The second-order valence-electron chi connectivity index (χ2n) is 4.48. The van der Waals surface area contributed by atoms with Crippen molar-refractivity contribution >= 4 is 0 Å². The Hall–Kier alpha value is -2.16. The highest BCUT2D eigenvalue weighted by Gasteiger charge is 2.01. The highest BCUT2D eigenvalue weighted by atomic mass is 16.3. The molecule has 0 aromatic heterocycles. The van der Waals surface area contributed by atoms with Crippen molar-refractivity contribution in [1.29, 1.82) is 0 Å². The fourth-order valence-electron chi connectivity index (χ4n) is 1.86. The Balaban J connectivity index is 1.91. The first-order valence-electron chi connectivity index (χ1n) is 6.58. The SMILES string of the molecule is O[C@@H](/C=C/C=C/[C@H](O)c1ccccc1)c1ccccc1. The van der Waals surface area contributed by atoms with Crippen molar-refractivity contribution in [1.82, 2.24) is 0 Å². The zero-order valence-electron chi connectivity index (χ0n) is 11.1. The first-order chi connectivity index (χ1) is 9.77. The monoisotopic (exact) mass is 266 g/mol. The molecule has 0 bridgehead atoms. The smallest absolute Gasteiger partial charge is 0.0974 e. The molecule has 2 heteroatoms. The summed E-state index contributed by atoms with van der Waals surface area (Å²) < 4.78 is 0. The average Bonchev–Trinajstić information content (AvgIpc) is 2.53. The molecular weight excluding hydrogens is 248 g/mol. The second kappa shape index (κ2) is 7.43. The summed E-state index contributed by atoms with van der Waals surface area (Å²) in [4.78, 5) is 0. The molecule has 2 nitrogen and oxygen atoms in total. The van der Waals surface area contributed by atoms with E-state index in [1.165, 1.54) is 0 Å². The summed E-state index contributed by atoms with van der Waals surface area (Å²) in [5, 5.41) is 19.8. The van der Waals surface area contributed by atoms with Gasteiger partial charge in [-0.2, -0.15) is 0 Å². The molecule has 0 spiro atoms. The Morgan fingerprint density at radius 3 is 1.30 bits per heavy atom. The van der Waals surface area contributed by atoms with Crippen molar-refractivity contribution in [3.8, 4) is 0 Å². The Bertz CT molecular complexity index is 505. The van der Waals surface area contributed by atoms with Crippen LogP contribution in [0.2, 0.25) is 0 Å². The summed E-state index contributed by atoms with van der Waals surface area (Å²) in [6.07, 6.45) is 5.59. The van der Waals surface area contributed by atoms with Gasteiger partial charge in [-0.3, -0.25) is 0 Å². The van der Waals surface area contributed by atoms with Gasteiger partial charge >= 0.3 is 0 Å². The van der Waals surface area contributed by atoms with E-state index in [-0.39, 0.29) is 0 Å². The van der Waals surface area contributed by atoms with Crippen LogP contribution in [0.1, 0.15) is 23.3 Å². The van der Waals surface area contributed by atoms with Crippen molar-refractivity contribution in [2.24, 2.45) is 0 Å². The zero-order valence-corrected chi connectivity index (χ0v) is 11.1. The summed E-state index contributed by atoms with van der Waals surface area (Å²) in [7, 11) is 0. The first-order valence-corrected chi connectivity index (χ1v) is 6.58. The number of allylic oxidation sites excluding steroid dienone is 2. The highest BCUT2D eigenvalue weighted by molar-refractivity contribution is 5.24. The average molecular weight is 266 g/mol. The van der Waals surface area contributed by atoms with E-state index in [0.29, 0.717) is 0 Å². The molecule has 0 aliphatic rings. The van der Waals surface area contributed by atoms with Gasteiger partial charge in [0.25, 0.3) is 0 Å². The van der Waals surface area contributed by atoms with Gasteiger partial charge in [-0.05, 0) is 11.1 Å². The molecule has 0 fully saturated rings. The van der Waals surface area contributed by atoms with Crippen LogP contribution in [-0.2, 0) is 0 Å². The van der Waals surface area contributed by atoms with Crippen LogP contribution in [0, 0.1) is 0 Å². The Morgan fingerprint density at radius 2 is 0.950 bits per heavy atom. The first kappa shape index (κ1) is 14.3. The maximum Gasteiger partial charge on any atom is 0.0974 e. The Kier molecular flexibility index (Phi) is 5.30. The lowest BCUT2D eigenvalue weighted by atomic mass is 10.1. The molecule has 2 atom stereocenters. The standard InChI is InChI=1S/C18H18O2/c19-17(15-9-3-1-4-10-15)13-7-8-14-18(20)16-11-5-2-6-12-16/h1-14,17-20H/b13-7+,14-8+/t17-,18-/m0/s1. The van der Waals surface area contributed by atoms with E-state index in [1.807, 2.05) is 60.7 Å². The molecule has 0 heterocycles. The number of rotatable bonds is 5. The Morgan fingerprint density at radius 1 is 0.600 bits per heavy atom. The van der Waals surface area contributed by atoms with Crippen LogP contribution in [0.15, 0.2) is 85.0 Å². The largest absolute Gasteiger partial charge is 0.384 e. The third kappa shape index (κ3) is 4.19. The van der Waals surface area contributed by atoms with Gasteiger partial charge in [0, 0.05) is 0 Å². The lowest BCUT2D eigenvalue weighted by Gasteiger charge is -2.05. The molecule has 0 aliphatic carbocycles. The maximum absolute atomic E-state index is 9.92. The van der Waals surface area contributed by atoms with Crippen LogP contribution in [0.5, 0.6) is 0 Å². The van der Waals surface area contributed by atoms with Crippen LogP contribution in [0.4, 0.5) is 0 Å². The molecule has 20 heavy (non-hydrogen) atoms. The van der Waals surface area contributed by atoms with E-state index >= 15 is 0 Å².